The first kappa shape index (κ1) is 24.3. The smallest absolute Gasteiger partial charge is 0.336 e. The van der Waals surface area contributed by atoms with Crippen LogP contribution >= 0.6 is 0 Å². The largest absolute Gasteiger partial charge is 0.435 e. The van der Waals surface area contributed by atoms with Gasteiger partial charge in [0.15, 0.2) is 11.4 Å². The van der Waals surface area contributed by atoms with Crippen molar-refractivity contribution in [3.05, 3.63) is 83.0 Å². The fraction of sp³-hybridized carbons (Fsp3) is 0.370. The van der Waals surface area contributed by atoms with Crippen molar-refractivity contribution < 1.29 is 22.8 Å². The Labute approximate surface area is 216 Å². The average Bonchev–Trinajstić information content (AvgIpc) is 3.73. The monoisotopic (exact) mass is 522 g/mol. The van der Waals surface area contributed by atoms with Crippen LogP contribution in [0.5, 0.6) is 0 Å². The third-order valence-corrected chi connectivity index (χ3v) is 7.52. The first-order valence-electron chi connectivity index (χ1n) is 12.6. The molecule has 1 unspecified atom stereocenters. The van der Waals surface area contributed by atoms with Gasteiger partial charge in [-0.25, -0.2) is 4.68 Å². The number of rotatable bonds is 4. The van der Waals surface area contributed by atoms with E-state index in [1.807, 2.05) is 4.68 Å². The molecule has 1 fully saturated rings. The zero-order chi connectivity index (χ0) is 26.6. The summed E-state index contributed by atoms with van der Waals surface area (Å²) in [7, 11) is 0. The van der Waals surface area contributed by atoms with Gasteiger partial charge in [-0.3, -0.25) is 9.59 Å². The summed E-state index contributed by atoms with van der Waals surface area (Å²) in [5.41, 5.74) is 3.56. The summed E-state index contributed by atoms with van der Waals surface area (Å²) in [6, 6.07) is 9.67. The van der Waals surface area contributed by atoms with Gasteiger partial charge in [0.05, 0.1) is 23.1 Å². The molecule has 0 radical (unpaired) electrons. The molecule has 2 aliphatic heterocycles. The summed E-state index contributed by atoms with van der Waals surface area (Å²) in [5.74, 6) is -0.155. The molecule has 1 atom stereocenters. The number of amides is 2. The second kappa shape index (κ2) is 9.07. The van der Waals surface area contributed by atoms with Gasteiger partial charge in [-0.1, -0.05) is 18.7 Å². The number of benzene rings is 1. The van der Waals surface area contributed by atoms with Crippen LogP contribution in [0.4, 0.5) is 13.2 Å². The first-order valence-corrected chi connectivity index (χ1v) is 12.6. The minimum atomic E-state index is -4.65. The van der Waals surface area contributed by atoms with Gasteiger partial charge in [0.1, 0.15) is 0 Å². The van der Waals surface area contributed by atoms with Crippen LogP contribution in [0.25, 0.3) is 5.69 Å². The van der Waals surface area contributed by atoms with Crippen LogP contribution in [-0.2, 0) is 23.8 Å². The molecule has 8 nitrogen and oxygen atoms in total. The molecular weight excluding hydrogens is 497 g/mol. The Morgan fingerprint density at radius 1 is 1.00 bits per heavy atom. The quantitative estimate of drug-likeness (QED) is 0.486. The fourth-order valence-corrected chi connectivity index (χ4v) is 5.43. The minimum absolute atomic E-state index is 0.183. The lowest BCUT2D eigenvalue weighted by atomic mass is 9.95. The lowest BCUT2D eigenvalue weighted by Gasteiger charge is -2.37. The molecule has 2 amide bonds. The molecule has 6 rings (SSSR count). The van der Waals surface area contributed by atoms with Crippen LogP contribution in [0.2, 0.25) is 0 Å². The molecule has 1 aliphatic carbocycles. The van der Waals surface area contributed by atoms with Gasteiger partial charge in [0, 0.05) is 38.0 Å². The zero-order valence-corrected chi connectivity index (χ0v) is 20.5. The molecule has 2 aromatic heterocycles. The van der Waals surface area contributed by atoms with Crippen molar-refractivity contribution in [3.63, 3.8) is 0 Å². The second-order valence-electron chi connectivity index (χ2n) is 9.89. The zero-order valence-electron chi connectivity index (χ0n) is 20.5. The molecule has 1 saturated carbocycles. The van der Waals surface area contributed by atoms with Gasteiger partial charge < -0.3 is 9.80 Å². The lowest BCUT2D eigenvalue weighted by molar-refractivity contribution is -0.141. The first-order chi connectivity index (χ1) is 18.2. The van der Waals surface area contributed by atoms with E-state index in [1.54, 1.807) is 9.80 Å². The van der Waals surface area contributed by atoms with E-state index in [4.69, 9.17) is 5.10 Å². The number of aromatic nitrogens is 4. The van der Waals surface area contributed by atoms with E-state index in [2.05, 4.69) is 41.0 Å². The van der Waals surface area contributed by atoms with Gasteiger partial charge in [-0.2, -0.15) is 18.3 Å². The van der Waals surface area contributed by atoms with Crippen molar-refractivity contribution in [3.8, 4) is 5.69 Å². The van der Waals surface area contributed by atoms with E-state index < -0.39 is 23.8 Å². The van der Waals surface area contributed by atoms with Crippen LogP contribution in [0.15, 0.2) is 49.1 Å². The normalized spacial score (nSPS) is 19.1. The standard InChI is InChI=1S/C27H25F3N6O2/c1-2-24(37)34-13-11-19-25-21(36(33-19)18-7-5-17(6-8-18)16-3-4-16)12-14-35(22(25)15-34)26(38)20-9-10-23(32-31-20)27(28,29)30/h2,5-10,16,22H,1,3-4,11-15H2. The van der Waals surface area contributed by atoms with E-state index in [0.29, 0.717) is 31.8 Å². The van der Waals surface area contributed by atoms with E-state index >= 15 is 0 Å². The Morgan fingerprint density at radius 3 is 2.39 bits per heavy atom. The van der Waals surface area contributed by atoms with Crippen molar-refractivity contribution in [2.24, 2.45) is 0 Å². The molecule has 196 valence electrons. The number of hydrogen-bond donors (Lipinski definition) is 0. The summed E-state index contributed by atoms with van der Waals surface area (Å²) in [6.45, 7) is 4.51. The van der Waals surface area contributed by atoms with E-state index in [-0.39, 0.29) is 18.1 Å². The highest BCUT2D eigenvalue weighted by Gasteiger charge is 2.41. The van der Waals surface area contributed by atoms with Crippen LogP contribution < -0.4 is 0 Å². The maximum absolute atomic E-state index is 13.5. The summed E-state index contributed by atoms with van der Waals surface area (Å²) in [4.78, 5) is 29.3. The Morgan fingerprint density at radius 2 is 1.76 bits per heavy atom. The Bertz CT molecular complexity index is 1410. The predicted octanol–water partition coefficient (Wildman–Crippen LogP) is 3.87. The molecule has 0 saturated heterocycles. The van der Waals surface area contributed by atoms with E-state index in [9.17, 15) is 22.8 Å². The highest BCUT2D eigenvalue weighted by atomic mass is 19.4. The van der Waals surface area contributed by atoms with Crippen LogP contribution in [0.1, 0.15) is 63.5 Å². The number of carbonyl (C=O) groups excluding carboxylic acids is 2. The highest BCUT2D eigenvalue weighted by molar-refractivity contribution is 5.93. The van der Waals surface area contributed by atoms with Gasteiger partial charge in [0.25, 0.3) is 5.91 Å². The van der Waals surface area contributed by atoms with Crippen LogP contribution in [-0.4, -0.2) is 61.2 Å². The van der Waals surface area contributed by atoms with E-state index in [0.717, 1.165) is 34.8 Å². The average molecular weight is 523 g/mol. The third-order valence-electron chi connectivity index (χ3n) is 7.52. The third kappa shape index (κ3) is 4.25. The number of hydrogen-bond acceptors (Lipinski definition) is 5. The van der Waals surface area contributed by atoms with Crippen LogP contribution in [0.3, 0.4) is 0 Å². The molecule has 3 aliphatic rings. The Kier molecular flexibility index (Phi) is 5.81. The van der Waals surface area contributed by atoms with Crippen molar-refractivity contribution >= 4 is 11.8 Å². The summed E-state index contributed by atoms with van der Waals surface area (Å²) in [6.07, 6.45) is 0.0288. The van der Waals surface area contributed by atoms with Gasteiger partial charge in [0.2, 0.25) is 5.91 Å². The van der Waals surface area contributed by atoms with Gasteiger partial charge in [-0.05, 0) is 54.7 Å². The van der Waals surface area contributed by atoms with Crippen molar-refractivity contribution in [1.29, 1.82) is 0 Å². The molecule has 0 bridgehead atoms. The summed E-state index contributed by atoms with van der Waals surface area (Å²) >= 11 is 0. The molecule has 38 heavy (non-hydrogen) atoms. The van der Waals surface area contributed by atoms with Crippen molar-refractivity contribution in [1.82, 2.24) is 29.8 Å². The molecule has 1 aromatic carbocycles. The maximum atomic E-state index is 13.5. The Balaban J connectivity index is 1.37. The van der Waals surface area contributed by atoms with Crippen LogP contribution in [0, 0.1) is 0 Å². The topological polar surface area (TPSA) is 84.2 Å². The second-order valence-corrected chi connectivity index (χ2v) is 9.89. The number of nitrogens with zero attached hydrogens (tertiary/aromatic N) is 6. The molecule has 0 N–H and O–H groups in total. The fourth-order valence-electron chi connectivity index (χ4n) is 5.43. The molecule has 11 heteroatoms. The maximum Gasteiger partial charge on any atom is 0.435 e. The van der Waals surface area contributed by atoms with Crippen molar-refractivity contribution in [2.45, 2.75) is 43.8 Å². The number of halogens is 3. The lowest BCUT2D eigenvalue weighted by Crippen LogP contribution is -2.46. The molecule has 0 spiro atoms. The number of carbonyl (C=O) groups is 2. The predicted molar refractivity (Wildman–Crippen MR) is 131 cm³/mol. The van der Waals surface area contributed by atoms with Crippen molar-refractivity contribution in [2.75, 3.05) is 19.6 Å². The minimum Gasteiger partial charge on any atom is -0.336 e. The summed E-state index contributed by atoms with van der Waals surface area (Å²) in [5, 5.41) is 11.7. The summed E-state index contributed by atoms with van der Waals surface area (Å²) < 4.78 is 40.8. The highest BCUT2D eigenvalue weighted by Crippen LogP contribution is 2.41. The molecule has 4 heterocycles. The van der Waals surface area contributed by atoms with Gasteiger partial charge >= 0.3 is 6.18 Å². The van der Waals surface area contributed by atoms with E-state index in [1.165, 1.54) is 24.5 Å². The molecule has 3 aromatic rings. The molecular formula is C27H25F3N6O2. The van der Waals surface area contributed by atoms with Gasteiger partial charge in [-0.15, -0.1) is 10.2 Å². The number of alkyl halides is 3. The Hall–Kier alpha value is -4.02. The SMILES string of the molecule is C=CC(=O)N1CCc2nn(-c3ccc(C4CC4)cc3)c3c2C(C1)N(C(=O)c1ccc(C(F)(F)F)nn1)CC3.